The van der Waals surface area contributed by atoms with E-state index in [9.17, 15) is 50.2 Å². The van der Waals surface area contributed by atoms with E-state index in [0.29, 0.717) is 35.7 Å². The lowest BCUT2D eigenvalue weighted by molar-refractivity contribution is -0.154. The lowest BCUT2D eigenvalue weighted by Crippen LogP contribution is -2.46. The maximum absolute atomic E-state index is 14.4. The second-order valence-corrected chi connectivity index (χ2v) is 15.4. The first-order chi connectivity index (χ1) is 30.9. The molecule has 1 aromatic heterocycles. The van der Waals surface area contributed by atoms with Crippen LogP contribution in [0.15, 0.2) is 94.5 Å². The Balaban J connectivity index is 1.03. The molecule has 5 aromatic carbocycles. The molecule has 0 saturated heterocycles. The number of aliphatic hydroxyl groups is 1. The van der Waals surface area contributed by atoms with Crippen molar-refractivity contribution in [3.8, 4) is 6.01 Å². The van der Waals surface area contributed by atoms with Crippen molar-refractivity contribution in [2.45, 2.75) is 56.3 Å². The van der Waals surface area contributed by atoms with Crippen LogP contribution in [-0.2, 0) is 23.4 Å². The van der Waals surface area contributed by atoms with Crippen LogP contribution < -0.4 is 47.5 Å². The van der Waals surface area contributed by atoms with Crippen LogP contribution in [0.2, 0.25) is 5.02 Å². The van der Waals surface area contributed by atoms with Gasteiger partial charge in [-0.3, -0.25) is 19.7 Å². The molecule has 0 aliphatic heterocycles. The number of hydrogen-bond donors (Lipinski definition) is 7. The van der Waals surface area contributed by atoms with Crippen molar-refractivity contribution in [2.75, 3.05) is 34.4 Å². The minimum Gasteiger partial charge on any atom is -0.454 e. The first-order valence-corrected chi connectivity index (χ1v) is 20.1. The molecule has 14 nitrogen and oxygen atoms in total. The van der Waals surface area contributed by atoms with Crippen LogP contribution in [0.25, 0.3) is 0 Å². The Labute approximate surface area is 369 Å². The molecular weight excluding hydrogens is 891 g/mol. The smallest absolute Gasteiger partial charge is 0.422 e. The number of carbonyl (C=O) groups excluding carboxylic acids is 1. The number of aromatic nitrogens is 3. The third-order valence-electron chi connectivity index (χ3n) is 10.2. The van der Waals surface area contributed by atoms with Crippen molar-refractivity contribution >= 4 is 46.5 Å². The van der Waals surface area contributed by atoms with Gasteiger partial charge in [-0.2, -0.15) is 28.1 Å². The van der Waals surface area contributed by atoms with Crippen molar-refractivity contribution in [1.82, 2.24) is 25.6 Å². The van der Waals surface area contributed by atoms with Gasteiger partial charge in [0.15, 0.2) is 6.61 Å². The molecule has 6 aromatic rings. The number of nitrogens with one attached hydrogen (secondary N) is 6. The fourth-order valence-corrected chi connectivity index (χ4v) is 6.74. The van der Waals surface area contributed by atoms with Crippen molar-refractivity contribution < 1.29 is 45.4 Å². The zero-order valence-corrected chi connectivity index (χ0v) is 34.4. The number of carbonyl (C=O) groups is 1. The van der Waals surface area contributed by atoms with Crippen LogP contribution in [-0.4, -0.2) is 51.3 Å². The Hall–Kier alpha value is -6.84. The number of amides is 1. The number of aliphatic hydroxyl groups excluding tert-OH is 1. The van der Waals surface area contributed by atoms with Crippen LogP contribution in [0.3, 0.4) is 0 Å². The molecule has 0 spiro atoms. The summed E-state index contributed by atoms with van der Waals surface area (Å²) >= 11 is 6.05. The Morgan fingerprint density at radius 3 is 1.98 bits per heavy atom. The number of halogens is 8. The highest BCUT2D eigenvalue weighted by Gasteiger charge is 2.45. The summed E-state index contributed by atoms with van der Waals surface area (Å²) in [5, 5.41) is 28.5. The summed E-state index contributed by atoms with van der Waals surface area (Å²) in [6.07, 6.45) is -5.01. The molecule has 1 fully saturated rings. The van der Waals surface area contributed by atoms with Gasteiger partial charge in [-0.05, 0) is 66.8 Å². The molecule has 1 amide bonds. The predicted molar refractivity (Wildman–Crippen MR) is 225 cm³/mol. The lowest BCUT2D eigenvalue weighted by atomic mass is 10.1. The highest BCUT2D eigenvalue weighted by molar-refractivity contribution is 6.30. The average molecular weight is 928 g/mol. The quantitative estimate of drug-likeness (QED) is 0.0240. The monoisotopic (exact) mass is 927 g/mol. The summed E-state index contributed by atoms with van der Waals surface area (Å²) in [6, 6.07) is 16.7. The van der Waals surface area contributed by atoms with Gasteiger partial charge >= 0.3 is 12.2 Å². The van der Waals surface area contributed by atoms with Gasteiger partial charge < -0.3 is 36.4 Å². The van der Waals surface area contributed by atoms with E-state index in [0.717, 1.165) is 23.8 Å². The number of alkyl halides is 3. The van der Waals surface area contributed by atoms with Gasteiger partial charge in [0.1, 0.15) is 40.9 Å². The number of nitrogens with zero attached hydrogens (tertiary/aromatic N) is 3. The zero-order chi connectivity index (χ0) is 46.5. The van der Waals surface area contributed by atoms with Crippen molar-refractivity contribution in [3.63, 3.8) is 0 Å². The summed E-state index contributed by atoms with van der Waals surface area (Å²) in [5.74, 6) is -4.39. The molecule has 340 valence electrons. The van der Waals surface area contributed by atoms with Gasteiger partial charge in [-0.15, -0.1) is 0 Å². The highest BCUT2D eigenvalue weighted by Crippen LogP contribution is 2.48. The Kier molecular flexibility index (Phi) is 13.8. The third kappa shape index (κ3) is 11.8. The molecule has 7 N–H and O–H groups in total. The fourth-order valence-electron chi connectivity index (χ4n) is 6.62. The van der Waals surface area contributed by atoms with Gasteiger partial charge in [0.05, 0.1) is 11.6 Å². The first kappa shape index (κ1) is 46.2. The standard InChI is InChI=1S/C43H37ClF7N9O5/c44-26-7-5-25(6-8-26)42(14-15-42)60-40-57-39(58-41(59-40)65-21-43(49,50)51)55-29-11-3-22(4-12-29)37(63)56-32(38(64)54-20-24-2-10-28(46)18-31(24)48)13-16-52-33-34(36(62)35(33)61)53-19-23-1-9-27(45)17-30(23)47/h1-12,17-18,32,37,52-53,56,63H,13-16,19-21H2,(H,54,64)(H2,55,57,58,59,60). The molecular formula is C43H37ClF7N9O5. The molecule has 0 radical (unpaired) electrons. The predicted octanol–water partition coefficient (Wildman–Crippen LogP) is 6.84. The number of hydrogen-bond acceptors (Lipinski definition) is 13. The largest absolute Gasteiger partial charge is 0.454 e. The first-order valence-electron chi connectivity index (χ1n) is 19.7. The number of rotatable bonds is 20. The number of benzene rings is 4. The van der Waals surface area contributed by atoms with Crippen molar-refractivity contribution in [2.24, 2.45) is 0 Å². The van der Waals surface area contributed by atoms with Crippen molar-refractivity contribution in [1.29, 1.82) is 0 Å². The molecule has 0 bridgehead atoms. The summed E-state index contributed by atoms with van der Waals surface area (Å²) < 4.78 is 99.5. The second-order valence-electron chi connectivity index (χ2n) is 14.9. The second kappa shape index (κ2) is 19.5. The maximum Gasteiger partial charge on any atom is 0.422 e. The van der Waals surface area contributed by atoms with Gasteiger partial charge in [0.25, 0.3) is 10.9 Å². The maximum atomic E-state index is 14.4. The Morgan fingerprint density at radius 1 is 0.785 bits per heavy atom. The minimum absolute atomic E-state index is 0.0232. The van der Waals surface area contributed by atoms with E-state index in [4.69, 9.17) is 16.3 Å². The van der Waals surface area contributed by atoms with E-state index in [-0.39, 0.29) is 66.0 Å². The van der Waals surface area contributed by atoms with E-state index >= 15 is 0 Å². The van der Waals surface area contributed by atoms with Crippen LogP contribution >= 0.6 is 11.6 Å². The normalized spacial score (nSPS) is 14.0. The van der Waals surface area contributed by atoms with Gasteiger partial charge in [-0.1, -0.05) is 48.0 Å². The van der Waals surface area contributed by atoms with Crippen LogP contribution in [0, 0.1) is 23.3 Å². The summed E-state index contributed by atoms with van der Waals surface area (Å²) in [4.78, 5) is 50.6. The molecule has 65 heavy (non-hydrogen) atoms. The number of ether oxygens (including phenoxy) is 1. The van der Waals surface area contributed by atoms with E-state index in [1.807, 2.05) is 12.1 Å². The lowest BCUT2D eigenvalue weighted by Gasteiger charge is -2.23. The van der Waals surface area contributed by atoms with Crippen LogP contribution in [0.4, 0.5) is 59.7 Å². The summed E-state index contributed by atoms with van der Waals surface area (Å²) in [5.41, 5.74) is -1.30. The van der Waals surface area contributed by atoms with E-state index < -0.39 is 76.6 Å². The van der Waals surface area contributed by atoms with E-state index in [1.165, 1.54) is 30.3 Å². The van der Waals surface area contributed by atoms with Gasteiger partial charge in [0, 0.05) is 53.6 Å². The molecule has 1 aliphatic rings. The third-order valence-corrected chi connectivity index (χ3v) is 10.5. The van der Waals surface area contributed by atoms with Crippen molar-refractivity contribution in [3.05, 3.63) is 156 Å². The molecule has 2 unspecified atom stereocenters. The molecule has 7 rings (SSSR count). The Bertz CT molecular complexity index is 2740. The van der Waals surface area contributed by atoms with Gasteiger partial charge in [-0.25, -0.2) is 17.6 Å². The summed E-state index contributed by atoms with van der Waals surface area (Å²) in [6.45, 7) is -2.42. The molecule has 1 aliphatic carbocycles. The van der Waals surface area contributed by atoms with Crippen LogP contribution in [0.1, 0.15) is 47.7 Å². The van der Waals surface area contributed by atoms with E-state index in [2.05, 4.69) is 46.9 Å². The highest BCUT2D eigenvalue weighted by atomic mass is 35.5. The zero-order valence-electron chi connectivity index (χ0n) is 33.6. The average Bonchev–Trinajstić information content (AvgIpc) is 4.05. The van der Waals surface area contributed by atoms with Crippen LogP contribution in [0.5, 0.6) is 6.01 Å². The fraction of sp³-hybridized carbons (Fsp3) is 0.256. The topological polar surface area (TPSA) is 192 Å². The SMILES string of the molecule is O=C(NCc1ccc(F)cc1F)C(CCNc1c(NCc2ccc(F)cc2F)c(=O)c1=O)NC(O)c1ccc(Nc2nc(NC3(c4ccc(Cl)cc4)CC3)nc(OCC(F)(F)F)n2)cc1. The summed E-state index contributed by atoms with van der Waals surface area (Å²) in [7, 11) is 0. The molecule has 1 saturated carbocycles. The minimum atomic E-state index is -4.68. The Morgan fingerprint density at radius 2 is 1.38 bits per heavy atom. The number of anilines is 5. The van der Waals surface area contributed by atoms with Gasteiger partial charge in [0.2, 0.25) is 17.8 Å². The van der Waals surface area contributed by atoms with E-state index in [1.54, 1.807) is 12.1 Å². The molecule has 1 heterocycles. The molecule has 22 heteroatoms. The molecule has 2 atom stereocenters.